The highest BCUT2D eigenvalue weighted by molar-refractivity contribution is 5.78. The maximum absolute atomic E-state index is 5.24. The number of allylic oxidation sites excluding steroid dienone is 2. The molecule has 0 saturated heterocycles. The zero-order valence-corrected chi connectivity index (χ0v) is 10.3. The van der Waals surface area contributed by atoms with Crippen LogP contribution in [-0.2, 0) is 11.4 Å². The summed E-state index contributed by atoms with van der Waals surface area (Å²) in [5.41, 5.74) is 3.58. The van der Waals surface area contributed by atoms with Gasteiger partial charge < -0.3 is 4.84 Å². The van der Waals surface area contributed by atoms with Gasteiger partial charge in [-0.25, -0.2) is 0 Å². The van der Waals surface area contributed by atoms with Crippen LogP contribution < -0.4 is 0 Å². The molecule has 0 bridgehead atoms. The van der Waals surface area contributed by atoms with Crippen LogP contribution in [0.15, 0.2) is 41.1 Å². The Morgan fingerprint density at radius 2 is 2.06 bits per heavy atom. The summed E-state index contributed by atoms with van der Waals surface area (Å²) in [6, 6.07) is 8.28. The van der Waals surface area contributed by atoms with Crippen molar-refractivity contribution in [1.82, 2.24) is 0 Å². The number of hydrogen-bond acceptors (Lipinski definition) is 2. The zero-order valence-electron chi connectivity index (χ0n) is 10.3. The Morgan fingerprint density at radius 1 is 1.24 bits per heavy atom. The molecule has 0 N–H and O–H groups in total. The highest BCUT2D eigenvalue weighted by Gasteiger charge is 2.01. The minimum Gasteiger partial charge on any atom is -0.390 e. The molecule has 0 spiro atoms. The van der Waals surface area contributed by atoms with Gasteiger partial charge in [0.15, 0.2) is 0 Å². The van der Waals surface area contributed by atoms with Gasteiger partial charge in [0.25, 0.3) is 0 Å². The Labute approximate surface area is 103 Å². The first-order valence-electron chi connectivity index (χ1n) is 6.17. The van der Waals surface area contributed by atoms with E-state index in [4.69, 9.17) is 4.84 Å². The van der Waals surface area contributed by atoms with Gasteiger partial charge in [-0.1, -0.05) is 41.1 Å². The molecule has 0 amide bonds. The first-order valence-corrected chi connectivity index (χ1v) is 6.17. The lowest BCUT2D eigenvalue weighted by Gasteiger charge is -2.06. The Hall–Kier alpha value is -1.57. The lowest BCUT2D eigenvalue weighted by atomic mass is 10.0. The standard InChI is InChI=1S/C15H18NO/c1-13-7-9-15(10-8-13)12-17-16-11-14-5-3-2-4-6-14/h5,7-10H,2-4,6,12H2,1H3. The van der Waals surface area contributed by atoms with Crippen molar-refractivity contribution >= 4 is 6.21 Å². The van der Waals surface area contributed by atoms with Crippen LogP contribution in [0.1, 0.15) is 36.8 Å². The van der Waals surface area contributed by atoms with Gasteiger partial charge in [0.1, 0.15) is 12.8 Å². The van der Waals surface area contributed by atoms with Crippen LogP contribution in [0, 0.1) is 6.92 Å². The molecule has 0 aromatic heterocycles. The molecule has 1 aromatic rings. The molecule has 1 aliphatic carbocycles. The van der Waals surface area contributed by atoms with E-state index in [1.54, 1.807) is 0 Å². The molecule has 0 unspecified atom stereocenters. The normalized spacial score (nSPS) is 15.9. The van der Waals surface area contributed by atoms with Crippen molar-refractivity contribution in [3.63, 3.8) is 0 Å². The fourth-order valence-electron chi connectivity index (χ4n) is 1.82. The lowest BCUT2D eigenvalue weighted by molar-refractivity contribution is 0.132. The molecule has 0 atom stereocenters. The monoisotopic (exact) mass is 228 g/mol. The van der Waals surface area contributed by atoms with Crippen molar-refractivity contribution in [2.45, 2.75) is 39.2 Å². The minimum absolute atomic E-state index is 0.514. The molecular weight excluding hydrogens is 210 g/mol. The van der Waals surface area contributed by atoms with Gasteiger partial charge in [0.2, 0.25) is 0 Å². The van der Waals surface area contributed by atoms with E-state index < -0.39 is 0 Å². The summed E-state index contributed by atoms with van der Waals surface area (Å²) in [7, 11) is 0. The van der Waals surface area contributed by atoms with E-state index >= 15 is 0 Å². The Bertz CT molecular complexity index is 403. The maximum atomic E-state index is 5.24. The molecular formula is C15H18NO. The van der Waals surface area contributed by atoms with Gasteiger partial charge in [-0.2, -0.15) is 0 Å². The van der Waals surface area contributed by atoms with Crippen molar-refractivity contribution in [2.75, 3.05) is 0 Å². The van der Waals surface area contributed by atoms with E-state index in [0.29, 0.717) is 6.61 Å². The zero-order chi connectivity index (χ0) is 11.9. The molecule has 2 rings (SSSR count). The van der Waals surface area contributed by atoms with E-state index in [1.807, 2.05) is 0 Å². The number of hydrogen-bond donors (Lipinski definition) is 0. The predicted molar refractivity (Wildman–Crippen MR) is 70.0 cm³/mol. The van der Waals surface area contributed by atoms with Crippen LogP contribution in [0.2, 0.25) is 0 Å². The summed E-state index contributed by atoms with van der Waals surface area (Å²) in [5.74, 6) is 0. The smallest absolute Gasteiger partial charge is 0.142 e. The molecule has 2 heteroatoms. The maximum Gasteiger partial charge on any atom is 0.142 e. The van der Waals surface area contributed by atoms with Crippen LogP contribution >= 0.6 is 0 Å². The van der Waals surface area contributed by atoms with E-state index in [0.717, 1.165) is 18.4 Å². The van der Waals surface area contributed by atoms with Crippen LogP contribution in [0.5, 0.6) is 0 Å². The third-order valence-electron chi connectivity index (χ3n) is 2.90. The molecule has 0 heterocycles. The number of nitrogens with zero attached hydrogens (tertiary/aromatic N) is 1. The highest BCUT2D eigenvalue weighted by atomic mass is 16.6. The molecule has 1 aliphatic rings. The number of benzene rings is 1. The van der Waals surface area contributed by atoms with Gasteiger partial charge >= 0.3 is 0 Å². The lowest BCUT2D eigenvalue weighted by Crippen LogP contribution is -1.94. The van der Waals surface area contributed by atoms with Gasteiger partial charge in [-0.05, 0) is 43.7 Å². The second-order valence-corrected chi connectivity index (χ2v) is 4.44. The second kappa shape index (κ2) is 6.24. The highest BCUT2D eigenvalue weighted by Crippen LogP contribution is 2.15. The van der Waals surface area contributed by atoms with E-state index in [9.17, 15) is 0 Å². The van der Waals surface area contributed by atoms with Crippen LogP contribution in [0.3, 0.4) is 0 Å². The first-order chi connectivity index (χ1) is 8.34. The number of aryl methyl sites for hydroxylation is 1. The first kappa shape index (κ1) is 11.9. The van der Waals surface area contributed by atoms with Crippen molar-refractivity contribution in [3.8, 4) is 0 Å². The minimum atomic E-state index is 0.514. The van der Waals surface area contributed by atoms with E-state index in [-0.39, 0.29) is 0 Å². The van der Waals surface area contributed by atoms with Gasteiger partial charge in [0, 0.05) is 0 Å². The summed E-state index contributed by atoms with van der Waals surface area (Å²) in [5, 5.41) is 3.89. The predicted octanol–water partition coefficient (Wildman–Crippen LogP) is 3.87. The summed E-state index contributed by atoms with van der Waals surface area (Å²) in [4.78, 5) is 5.24. The quantitative estimate of drug-likeness (QED) is 0.566. The Balaban J connectivity index is 1.77. The van der Waals surface area contributed by atoms with Gasteiger partial charge in [-0.15, -0.1) is 0 Å². The fraction of sp³-hybridized carbons (Fsp3) is 0.400. The molecule has 1 radical (unpaired) electrons. The fourth-order valence-corrected chi connectivity index (χ4v) is 1.82. The van der Waals surface area contributed by atoms with E-state index in [2.05, 4.69) is 48.6 Å². The molecule has 1 aromatic carbocycles. The van der Waals surface area contributed by atoms with Crippen LogP contribution in [0.25, 0.3) is 0 Å². The van der Waals surface area contributed by atoms with Crippen molar-refractivity contribution in [1.29, 1.82) is 0 Å². The Morgan fingerprint density at radius 3 is 2.76 bits per heavy atom. The topological polar surface area (TPSA) is 21.6 Å². The molecule has 0 saturated carbocycles. The molecule has 0 fully saturated rings. The average molecular weight is 228 g/mol. The number of rotatable bonds is 4. The Kier molecular flexibility index (Phi) is 4.37. The summed E-state index contributed by atoms with van der Waals surface area (Å²) < 4.78 is 0. The molecule has 0 aliphatic heterocycles. The van der Waals surface area contributed by atoms with Crippen molar-refractivity contribution < 1.29 is 4.84 Å². The van der Waals surface area contributed by atoms with Crippen molar-refractivity contribution in [3.05, 3.63) is 47.0 Å². The van der Waals surface area contributed by atoms with Gasteiger partial charge in [-0.3, -0.25) is 0 Å². The molecule has 2 nitrogen and oxygen atoms in total. The summed E-state index contributed by atoms with van der Waals surface area (Å²) >= 11 is 0. The third kappa shape index (κ3) is 4.06. The summed E-state index contributed by atoms with van der Waals surface area (Å²) in [6.07, 6.45) is 9.92. The second-order valence-electron chi connectivity index (χ2n) is 4.44. The third-order valence-corrected chi connectivity index (χ3v) is 2.90. The van der Waals surface area contributed by atoms with Gasteiger partial charge in [0.05, 0.1) is 0 Å². The van der Waals surface area contributed by atoms with Crippen LogP contribution in [0.4, 0.5) is 0 Å². The van der Waals surface area contributed by atoms with Crippen LogP contribution in [-0.4, -0.2) is 6.21 Å². The van der Waals surface area contributed by atoms with E-state index in [1.165, 1.54) is 24.0 Å². The molecule has 17 heavy (non-hydrogen) atoms. The van der Waals surface area contributed by atoms with Crippen molar-refractivity contribution in [2.24, 2.45) is 5.16 Å². The summed E-state index contributed by atoms with van der Waals surface area (Å²) in [6.45, 7) is 2.59. The largest absolute Gasteiger partial charge is 0.390 e. The molecule has 89 valence electrons. The SMILES string of the molecule is Cc1ccc(CO/N=[C]\C2=CCCCC2)cc1. The average Bonchev–Trinajstić information content (AvgIpc) is 2.38.